The van der Waals surface area contributed by atoms with E-state index in [4.69, 9.17) is 10.8 Å². The first kappa shape index (κ1) is 10.6. The summed E-state index contributed by atoms with van der Waals surface area (Å²) in [6.07, 6.45) is 2.93. The van der Waals surface area contributed by atoms with Crippen LogP contribution in [0.3, 0.4) is 0 Å². The van der Waals surface area contributed by atoms with E-state index >= 15 is 0 Å². The standard InChI is InChI=1S/C10H13N3O/c1-2-10(5-3-7-11)6-4-8(13-12)9(10)14/h2-6H2,1H3/t10-/m1/s1. The van der Waals surface area contributed by atoms with Gasteiger partial charge in [-0.1, -0.05) is 6.92 Å². The SMILES string of the molecule is CC[C@@]1(CCC#N)CCC(=[N+]=[N-])C1=O. The number of hydrogen-bond acceptors (Lipinski definition) is 2. The Balaban J connectivity index is 2.88. The van der Waals surface area contributed by atoms with Gasteiger partial charge < -0.3 is 5.53 Å². The van der Waals surface area contributed by atoms with Crippen molar-refractivity contribution in [2.24, 2.45) is 5.41 Å². The number of carbonyl (C=O) groups excluding carboxylic acids is 1. The van der Waals surface area contributed by atoms with E-state index in [1.165, 1.54) is 0 Å². The van der Waals surface area contributed by atoms with Crippen LogP contribution in [0.1, 0.15) is 39.0 Å². The molecule has 0 aromatic carbocycles. The van der Waals surface area contributed by atoms with Crippen LogP contribution < -0.4 is 0 Å². The van der Waals surface area contributed by atoms with Crippen molar-refractivity contribution in [2.75, 3.05) is 0 Å². The number of rotatable bonds is 3. The number of ketones is 1. The largest absolute Gasteiger partial charge is 0.361 e. The van der Waals surface area contributed by atoms with Crippen LogP contribution in [-0.2, 0) is 4.79 Å². The van der Waals surface area contributed by atoms with Gasteiger partial charge >= 0.3 is 5.71 Å². The van der Waals surface area contributed by atoms with Crippen molar-refractivity contribution < 1.29 is 9.58 Å². The highest BCUT2D eigenvalue weighted by atomic mass is 16.1. The Morgan fingerprint density at radius 1 is 1.71 bits per heavy atom. The van der Waals surface area contributed by atoms with Gasteiger partial charge in [-0.05, 0) is 19.3 Å². The van der Waals surface area contributed by atoms with Crippen LogP contribution in [0.2, 0.25) is 0 Å². The molecule has 0 radical (unpaired) electrons. The molecule has 1 fully saturated rings. The van der Waals surface area contributed by atoms with Crippen LogP contribution in [0.25, 0.3) is 5.53 Å². The van der Waals surface area contributed by atoms with Crippen molar-refractivity contribution in [1.29, 1.82) is 5.26 Å². The molecule has 0 aromatic heterocycles. The summed E-state index contributed by atoms with van der Waals surface area (Å²) in [7, 11) is 0. The molecular formula is C10H13N3O. The van der Waals surface area contributed by atoms with Crippen molar-refractivity contribution >= 4 is 11.5 Å². The van der Waals surface area contributed by atoms with Gasteiger partial charge in [0.15, 0.2) is 0 Å². The van der Waals surface area contributed by atoms with Crippen molar-refractivity contribution in [1.82, 2.24) is 0 Å². The fourth-order valence-electron chi connectivity index (χ4n) is 2.03. The van der Waals surface area contributed by atoms with E-state index in [0.29, 0.717) is 32.1 Å². The Hall–Kier alpha value is -1.46. The highest BCUT2D eigenvalue weighted by Crippen LogP contribution is 2.40. The van der Waals surface area contributed by atoms with E-state index in [0.717, 1.165) is 0 Å². The van der Waals surface area contributed by atoms with Crippen LogP contribution in [0.5, 0.6) is 0 Å². The summed E-state index contributed by atoms with van der Waals surface area (Å²) in [6, 6.07) is 2.05. The Morgan fingerprint density at radius 2 is 2.43 bits per heavy atom. The van der Waals surface area contributed by atoms with E-state index < -0.39 is 5.41 Å². The van der Waals surface area contributed by atoms with Crippen molar-refractivity contribution in [2.45, 2.75) is 39.0 Å². The van der Waals surface area contributed by atoms with Gasteiger partial charge in [-0.15, -0.1) is 0 Å². The maximum Gasteiger partial charge on any atom is 0.335 e. The summed E-state index contributed by atoms with van der Waals surface area (Å²) in [4.78, 5) is 14.8. The highest BCUT2D eigenvalue weighted by Gasteiger charge is 2.48. The lowest BCUT2D eigenvalue weighted by atomic mass is 9.78. The lowest BCUT2D eigenvalue weighted by molar-refractivity contribution is -0.124. The minimum Gasteiger partial charge on any atom is -0.361 e. The summed E-state index contributed by atoms with van der Waals surface area (Å²) >= 11 is 0. The van der Waals surface area contributed by atoms with Crippen LogP contribution in [0.4, 0.5) is 0 Å². The van der Waals surface area contributed by atoms with Crippen LogP contribution in [0, 0.1) is 16.7 Å². The zero-order chi connectivity index (χ0) is 10.6. The molecule has 0 amide bonds. The zero-order valence-corrected chi connectivity index (χ0v) is 8.29. The average Bonchev–Trinajstić information content (AvgIpc) is 2.53. The molecule has 0 N–H and O–H groups in total. The molecule has 74 valence electrons. The lowest BCUT2D eigenvalue weighted by Crippen LogP contribution is -2.28. The molecular weight excluding hydrogens is 178 g/mol. The molecule has 0 heterocycles. The Labute approximate surface area is 83.2 Å². The maximum atomic E-state index is 11.8. The number of nitriles is 1. The first-order valence-electron chi connectivity index (χ1n) is 4.83. The van der Waals surface area contributed by atoms with Gasteiger partial charge in [0, 0.05) is 11.8 Å². The lowest BCUT2D eigenvalue weighted by Gasteiger charge is -2.21. The van der Waals surface area contributed by atoms with Crippen molar-refractivity contribution in [3.8, 4) is 6.07 Å². The quantitative estimate of drug-likeness (QED) is 0.503. The topological polar surface area (TPSA) is 77.3 Å². The second-order valence-corrected chi connectivity index (χ2v) is 3.67. The number of hydrogen-bond donors (Lipinski definition) is 0. The fraction of sp³-hybridized carbons (Fsp3) is 0.700. The van der Waals surface area contributed by atoms with Gasteiger partial charge in [-0.25, -0.2) is 0 Å². The molecule has 0 aliphatic heterocycles. The molecule has 0 unspecified atom stereocenters. The molecule has 0 bridgehead atoms. The number of nitrogens with zero attached hydrogens (tertiary/aromatic N) is 3. The molecule has 0 spiro atoms. The fourth-order valence-corrected chi connectivity index (χ4v) is 2.03. The predicted octanol–water partition coefficient (Wildman–Crippen LogP) is 1.72. The zero-order valence-electron chi connectivity index (χ0n) is 8.29. The van der Waals surface area contributed by atoms with Crippen LogP contribution >= 0.6 is 0 Å². The number of Topliss-reactive ketones (excluding diaryl/α,β-unsaturated/α-hetero) is 1. The molecule has 1 aliphatic rings. The number of carbonyl (C=O) groups is 1. The predicted molar refractivity (Wildman–Crippen MR) is 50.4 cm³/mol. The molecule has 1 saturated carbocycles. The van der Waals surface area contributed by atoms with E-state index in [-0.39, 0.29) is 11.5 Å². The van der Waals surface area contributed by atoms with E-state index in [1.54, 1.807) is 0 Å². The minimum absolute atomic E-state index is 0.0715. The Morgan fingerprint density at radius 3 is 2.86 bits per heavy atom. The summed E-state index contributed by atoms with van der Waals surface area (Å²) in [5.41, 5.74) is 8.43. The monoisotopic (exact) mass is 191 g/mol. The van der Waals surface area contributed by atoms with Crippen LogP contribution in [-0.4, -0.2) is 16.3 Å². The van der Waals surface area contributed by atoms with Crippen LogP contribution in [0.15, 0.2) is 0 Å². The van der Waals surface area contributed by atoms with Gasteiger partial charge in [0.1, 0.15) is 0 Å². The molecule has 4 nitrogen and oxygen atoms in total. The van der Waals surface area contributed by atoms with E-state index in [2.05, 4.69) is 10.9 Å². The molecule has 4 heteroatoms. The molecule has 1 aliphatic carbocycles. The summed E-state index contributed by atoms with van der Waals surface area (Å²) in [5, 5.41) is 8.50. The summed E-state index contributed by atoms with van der Waals surface area (Å²) in [6.45, 7) is 1.94. The highest BCUT2D eigenvalue weighted by molar-refractivity contribution is 6.41. The molecule has 1 atom stereocenters. The Kier molecular flexibility index (Phi) is 3.16. The van der Waals surface area contributed by atoms with E-state index in [1.807, 2.05) is 6.92 Å². The third-order valence-electron chi connectivity index (χ3n) is 3.10. The van der Waals surface area contributed by atoms with Gasteiger partial charge in [0.25, 0.3) is 0 Å². The summed E-state index contributed by atoms with van der Waals surface area (Å²) < 4.78 is 0. The normalized spacial score (nSPS) is 26.0. The summed E-state index contributed by atoms with van der Waals surface area (Å²) in [5.74, 6) is -0.0715. The maximum absolute atomic E-state index is 11.8. The van der Waals surface area contributed by atoms with Gasteiger partial charge in [0.05, 0.1) is 12.5 Å². The van der Waals surface area contributed by atoms with Gasteiger partial charge in [-0.3, -0.25) is 4.79 Å². The Bertz CT molecular complexity index is 336. The molecule has 0 aromatic rings. The molecule has 1 rings (SSSR count). The third-order valence-corrected chi connectivity index (χ3v) is 3.10. The van der Waals surface area contributed by atoms with Gasteiger partial charge in [-0.2, -0.15) is 10.1 Å². The molecule has 0 saturated heterocycles. The smallest absolute Gasteiger partial charge is 0.335 e. The average molecular weight is 191 g/mol. The second kappa shape index (κ2) is 4.17. The molecule has 14 heavy (non-hydrogen) atoms. The van der Waals surface area contributed by atoms with Crippen molar-refractivity contribution in [3.63, 3.8) is 0 Å². The first-order valence-corrected chi connectivity index (χ1v) is 4.83. The minimum atomic E-state index is -0.433. The second-order valence-electron chi connectivity index (χ2n) is 3.67. The third kappa shape index (κ3) is 1.59. The van der Waals surface area contributed by atoms with Gasteiger partial charge in [0.2, 0.25) is 5.78 Å². The first-order chi connectivity index (χ1) is 6.70. The van der Waals surface area contributed by atoms with Crippen molar-refractivity contribution in [3.05, 3.63) is 5.53 Å². The van der Waals surface area contributed by atoms with E-state index in [9.17, 15) is 4.79 Å².